The third kappa shape index (κ3) is 2.47. The highest BCUT2D eigenvalue weighted by molar-refractivity contribution is 5.80. The Morgan fingerprint density at radius 2 is 1.88 bits per heavy atom. The highest BCUT2D eigenvalue weighted by Crippen LogP contribution is 2.35. The van der Waals surface area contributed by atoms with Crippen LogP contribution in [0.3, 0.4) is 0 Å². The molecule has 1 aromatic carbocycles. The van der Waals surface area contributed by atoms with E-state index in [9.17, 15) is 18.7 Å². The molecule has 2 aromatic rings. The summed E-state index contributed by atoms with van der Waals surface area (Å²) in [6.45, 7) is 0.0772. The van der Waals surface area contributed by atoms with Gasteiger partial charge in [-0.05, 0) is 30.5 Å². The third-order valence-corrected chi connectivity index (χ3v) is 4.84. The van der Waals surface area contributed by atoms with Crippen molar-refractivity contribution in [3.8, 4) is 0 Å². The standard InChI is InChI=1S/C16H16F2N4O2/c17-11-4-10(5-12(18)6-11)16(24)7-22(8-16)15(23)9-1-2-13-14(3-9)20-21-19-13/h4-6,9,24H,1-3,7-8H2,(H,19,20,21). The molecule has 6 nitrogen and oxygen atoms in total. The largest absolute Gasteiger partial charge is 0.381 e. The third-order valence-electron chi connectivity index (χ3n) is 4.84. The number of H-pyrrole nitrogens is 1. The maximum Gasteiger partial charge on any atom is 0.226 e. The average Bonchev–Trinajstić information content (AvgIpc) is 2.97. The van der Waals surface area contributed by atoms with Gasteiger partial charge in [-0.1, -0.05) is 0 Å². The van der Waals surface area contributed by atoms with Gasteiger partial charge < -0.3 is 10.0 Å². The maximum atomic E-state index is 13.3. The maximum absolute atomic E-state index is 13.3. The van der Waals surface area contributed by atoms with Crippen molar-refractivity contribution >= 4 is 5.91 Å². The number of carbonyl (C=O) groups excluding carboxylic acids is 1. The second-order valence-electron chi connectivity index (χ2n) is 6.54. The van der Waals surface area contributed by atoms with Crippen molar-refractivity contribution in [1.29, 1.82) is 0 Å². The molecule has 1 atom stereocenters. The Hall–Kier alpha value is -2.35. The molecule has 1 amide bonds. The number of aryl methyl sites for hydroxylation is 1. The van der Waals surface area contributed by atoms with Crippen LogP contribution in [-0.2, 0) is 23.2 Å². The highest BCUT2D eigenvalue weighted by atomic mass is 19.1. The lowest BCUT2D eigenvalue weighted by molar-refractivity contribution is -0.161. The molecule has 0 bridgehead atoms. The van der Waals surface area contributed by atoms with Crippen LogP contribution >= 0.6 is 0 Å². The molecular formula is C16H16F2N4O2. The van der Waals surface area contributed by atoms with E-state index in [1.165, 1.54) is 4.90 Å². The van der Waals surface area contributed by atoms with E-state index in [0.29, 0.717) is 19.3 Å². The van der Waals surface area contributed by atoms with Gasteiger partial charge >= 0.3 is 0 Å². The van der Waals surface area contributed by atoms with Gasteiger partial charge in [-0.3, -0.25) is 4.79 Å². The zero-order valence-corrected chi connectivity index (χ0v) is 12.8. The minimum Gasteiger partial charge on any atom is -0.381 e. The number of nitrogens with one attached hydrogen (secondary N) is 1. The van der Waals surface area contributed by atoms with Gasteiger partial charge in [-0.25, -0.2) is 8.78 Å². The first kappa shape index (κ1) is 15.2. The predicted octanol–water partition coefficient (Wildman–Crippen LogP) is 0.918. The lowest BCUT2D eigenvalue weighted by atomic mass is 9.82. The number of aliphatic hydroxyl groups is 1. The topological polar surface area (TPSA) is 82.1 Å². The summed E-state index contributed by atoms with van der Waals surface area (Å²) in [5.74, 6) is -1.75. The molecule has 0 saturated carbocycles. The van der Waals surface area contributed by atoms with Gasteiger partial charge in [0.25, 0.3) is 0 Å². The summed E-state index contributed by atoms with van der Waals surface area (Å²) >= 11 is 0. The molecular weight excluding hydrogens is 318 g/mol. The summed E-state index contributed by atoms with van der Waals surface area (Å²) in [5, 5.41) is 21.2. The zero-order chi connectivity index (χ0) is 16.9. The fraction of sp³-hybridized carbons (Fsp3) is 0.438. The number of likely N-dealkylation sites (tertiary alicyclic amines) is 1. The first-order chi connectivity index (χ1) is 11.4. The number of rotatable bonds is 2. The Labute approximate surface area is 136 Å². The van der Waals surface area contributed by atoms with E-state index in [1.807, 2.05) is 0 Å². The fourth-order valence-electron chi connectivity index (χ4n) is 3.50. The van der Waals surface area contributed by atoms with Crippen LogP contribution in [0.15, 0.2) is 18.2 Å². The molecule has 0 radical (unpaired) electrons. The summed E-state index contributed by atoms with van der Waals surface area (Å²) < 4.78 is 26.7. The second-order valence-corrected chi connectivity index (χ2v) is 6.54. The normalized spacial score (nSPS) is 22.0. The van der Waals surface area contributed by atoms with Crippen molar-refractivity contribution in [2.24, 2.45) is 5.92 Å². The van der Waals surface area contributed by atoms with Crippen LogP contribution in [0, 0.1) is 17.6 Å². The number of aromatic amines is 1. The van der Waals surface area contributed by atoms with Gasteiger partial charge in [0.2, 0.25) is 5.91 Å². The van der Waals surface area contributed by atoms with Crippen LogP contribution in [0.25, 0.3) is 0 Å². The summed E-state index contributed by atoms with van der Waals surface area (Å²) in [6.07, 6.45) is 1.89. The summed E-state index contributed by atoms with van der Waals surface area (Å²) in [4.78, 5) is 14.1. The number of amides is 1. The fourth-order valence-corrected chi connectivity index (χ4v) is 3.50. The molecule has 24 heavy (non-hydrogen) atoms. The molecule has 4 rings (SSSR count). The molecule has 1 aliphatic heterocycles. The molecule has 2 N–H and O–H groups in total. The zero-order valence-electron chi connectivity index (χ0n) is 12.8. The van der Waals surface area contributed by atoms with Gasteiger partial charge in [0.15, 0.2) is 0 Å². The summed E-state index contributed by atoms with van der Waals surface area (Å²) in [6, 6.07) is 2.96. The number of benzene rings is 1. The van der Waals surface area contributed by atoms with Crippen LogP contribution in [0.5, 0.6) is 0 Å². The summed E-state index contributed by atoms with van der Waals surface area (Å²) in [5.41, 5.74) is 0.468. The average molecular weight is 334 g/mol. The Balaban J connectivity index is 1.44. The van der Waals surface area contributed by atoms with Crippen molar-refractivity contribution in [3.63, 3.8) is 0 Å². The molecule has 126 valence electrons. The van der Waals surface area contributed by atoms with E-state index >= 15 is 0 Å². The Bertz CT molecular complexity index is 781. The van der Waals surface area contributed by atoms with Crippen LogP contribution < -0.4 is 0 Å². The molecule has 1 fully saturated rings. The van der Waals surface area contributed by atoms with Crippen molar-refractivity contribution in [3.05, 3.63) is 46.8 Å². The Kier molecular flexibility index (Phi) is 3.38. The van der Waals surface area contributed by atoms with Gasteiger partial charge in [0.1, 0.15) is 17.2 Å². The smallest absolute Gasteiger partial charge is 0.226 e. The summed E-state index contributed by atoms with van der Waals surface area (Å²) in [7, 11) is 0. The quantitative estimate of drug-likeness (QED) is 0.856. The molecule has 1 aliphatic carbocycles. The van der Waals surface area contributed by atoms with Gasteiger partial charge in [-0.15, -0.1) is 0 Å². The molecule has 2 heterocycles. The first-order valence-corrected chi connectivity index (χ1v) is 7.81. The molecule has 1 aromatic heterocycles. The minimum atomic E-state index is -1.40. The number of halogens is 2. The van der Waals surface area contributed by atoms with E-state index < -0.39 is 17.2 Å². The lowest BCUT2D eigenvalue weighted by Crippen LogP contribution is -2.62. The number of hydrogen-bond donors (Lipinski definition) is 2. The van der Waals surface area contributed by atoms with Crippen molar-refractivity contribution in [2.75, 3.05) is 13.1 Å². The monoisotopic (exact) mass is 334 g/mol. The number of β-amino-alcohol motifs (C(OH)–C–C–N with tert-alkyl or cyclic N) is 1. The van der Waals surface area contributed by atoms with Crippen molar-refractivity contribution in [1.82, 2.24) is 20.3 Å². The molecule has 1 unspecified atom stereocenters. The highest BCUT2D eigenvalue weighted by Gasteiger charge is 2.47. The predicted molar refractivity (Wildman–Crippen MR) is 78.7 cm³/mol. The first-order valence-electron chi connectivity index (χ1n) is 7.81. The van der Waals surface area contributed by atoms with E-state index in [1.54, 1.807) is 0 Å². The molecule has 2 aliphatic rings. The number of carbonyl (C=O) groups is 1. The lowest BCUT2D eigenvalue weighted by Gasteiger charge is -2.48. The second kappa shape index (κ2) is 5.34. The van der Waals surface area contributed by atoms with E-state index in [-0.39, 0.29) is 30.5 Å². The SMILES string of the molecule is O=C(C1CCc2n[nH]nc2C1)N1CC(O)(c2cc(F)cc(F)c2)C1. The van der Waals surface area contributed by atoms with Crippen molar-refractivity contribution < 1.29 is 18.7 Å². The number of hydrogen-bond acceptors (Lipinski definition) is 4. The molecule has 8 heteroatoms. The van der Waals surface area contributed by atoms with Gasteiger partial charge in [0, 0.05) is 18.4 Å². The van der Waals surface area contributed by atoms with Crippen LogP contribution in [0.1, 0.15) is 23.4 Å². The number of aromatic nitrogens is 3. The van der Waals surface area contributed by atoms with Crippen LogP contribution in [0.2, 0.25) is 0 Å². The number of nitrogens with zero attached hydrogens (tertiary/aromatic N) is 3. The number of fused-ring (bicyclic) bond motifs is 1. The Morgan fingerprint density at radius 1 is 1.21 bits per heavy atom. The van der Waals surface area contributed by atoms with E-state index in [0.717, 1.165) is 29.6 Å². The minimum absolute atomic E-state index is 0.0386. The van der Waals surface area contributed by atoms with E-state index in [4.69, 9.17) is 0 Å². The Morgan fingerprint density at radius 3 is 2.58 bits per heavy atom. The molecule has 1 saturated heterocycles. The molecule has 0 spiro atoms. The van der Waals surface area contributed by atoms with Crippen LogP contribution in [0.4, 0.5) is 8.78 Å². The van der Waals surface area contributed by atoms with Crippen molar-refractivity contribution in [2.45, 2.75) is 24.9 Å². The van der Waals surface area contributed by atoms with E-state index in [2.05, 4.69) is 15.4 Å². The van der Waals surface area contributed by atoms with Gasteiger partial charge in [0.05, 0.1) is 24.5 Å². The van der Waals surface area contributed by atoms with Crippen LogP contribution in [-0.4, -0.2) is 44.4 Å². The van der Waals surface area contributed by atoms with Gasteiger partial charge in [-0.2, -0.15) is 15.4 Å².